The molecule has 174 valence electrons. The first-order valence-corrected chi connectivity index (χ1v) is 11.1. The molecule has 0 radical (unpaired) electrons. The molecular formula is C25H29N3O5. The Morgan fingerprint density at radius 3 is 2.73 bits per heavy atom. The summed E-state index contributed by atoms with van der Waals surface area (Å²) in [5, 5.41) is 0. The number of benzene rings is 1. The lowest BCUT2D eigenvalue weighted by Crippen LogP contribution is -2.39. The highest BCUT2D eigenvalue weighted by Crippen LogP contribution is 2.29. The van der Waals surface area contributed by atoms with Gasteiger partial charge in [0.15, 0.2) is 0 Å². The molecule has 8 heteroatoms. The quantitative estimate of drug-likeness (QED) is 0.507. The summed E-state index contributed by atoms with van der Waals surface area (Å²) in [6, 6.07) is 11.2. The average molecular weight is 452 g/mol. The number of nitrogens with one attached hydrogen (secondary N) is 1. The first-order valence-electron chi connectivity index (χ1n) is 11.1. The minimum absolute atomic E-state index is 0.0254. The van der Waals surface area contributed by atoms with Crippen molar-refractivity contribution in [2.24, 2.45) is 5.92 Å². The number of aromatic amines is 1. The Morgan fingerprint density at radius 1 is 1.21 bits per heavy atom. The Balaban J connectivity index is 1.60. The second-order valence-corrected chi connectivity index (χ2v) is 8.30. The van der Waals surface area contributed by atoms with Crippen molar-refractivity contribution in [3.63, 3.8) is 0 Å². The van der Waals surface area contributed by atoms with E-state index in [2.05, 4.69) is 9.97 Å². The predicted octanol–water partition coefficient (Wildman–Crippen LogP) is 3.44. The topological polar surface area (TPSA) is 97.7 Å². The Labute approximate surface area is 192 Å². The number of ether oxygens (including phenoxy) is 2. The molecule has 4 rings (SSSR count). The molecule has 8 nitrogen and oxygen atoms in total. The molecule has 0 unspecified atom stereocenters. The summed E-state index contributed by atoms with van der Waals surface area (Å²) in [6.07, 6.45) is 4.84. The lowest BCUT2D eigenvalue weighted by atomic mass is 9.84. The molecule has 3 aromatic rings. The predicted molar refractivity (Wildman–Crippen MR) is 122 cm³/mol. The third-order valence-electron chi connectivity index (χ3n) is 5.98. The molecule has 0 bridgehead atoms. The van der Waals surface area contributed by atoms with Crippen LogP contribution in [0.15, 0.2) is 51.9 Å². The fraction of sp³-hybridized carbons (Fsp3) is 0.400. The summed E-state index contributed by atoms with van der Waals surface area (Å²) >= 11 is 0. The van der Waals surface area contributed by atoms with Crippen LogP contribution in [0.4, 0.5) is 0 Å². The monoisotopic (exact) mass is 451 g/mol. The third-order valence-corrected chi connectivity index (χ3v) is 5.98. The summed E-state index contributed by atoms with van der Waals surface area (Å²) in [7, 11) is 3.18. The summed E-state index contributed by atoms with van der Waals surface area (Å²) < 4.78 is 16.1. The molecule has 2 aromatic heterocycles. The number of amides is 1. The molecule has 0 saturated heterocycles. The maximum atomic E-state index is 13.1. The van der Waals surface area contributed by atoms with E-state index in [1.54, 1.807) is 31.4 Å². The number of aromatic nitrogens is 2. The summed E-state index contributed by atoms with van der Waals surface area (Å²) in [6.45, 7) is 0.726. The number of nitrogens with zero attached hydrogens (tertiary/aromatic N) is 2. The highest BCUT2D eigenvalue weighted by molar-refractivity contribution is 5.79. The zero-order chi connectivity index (χ0) is 23.2. The number of H-pyrrole nitrogens is 1. The van der Waals surface area contributed by atoms with E-state index >= 15 is 0 Å². The summed E-state index contributed by atoms with van der Waals surface area (Å²) in [4.78, 5) is 35.4. The van der Waals surface area contributed by atoms with Gasteiger partial charge in [0.2, 0.25) is 5.91 Å². The van der Waals surface area contributed by atoms with Gasteiger partial charge in [-0.1, -0.05) is 18.6 Å². The van der Waals surface area contributed by atoms with Crippen LogP contribution >= 0.6 is 0 Å². The van der Waals surface area contributed by atoms with E-state index in [-0.39, 0.29) is 30.5 Å². The number of hydrogen-bond donors (Lipinski definition) is 1. The SMILES string of the molecule is COCc1nc(CN(Cc2ccco2)C(=O)C2CCC2)[nH]c(=O)c1Cc1cccc(OC)c1. The maximum absolute atomic E-state index is 13.1. The number of carbonyl (C=O) groups is 1. The molecule has 2 heterocycles. The van der Waals surface area contributed by atoms with E-state index in [4.69, 9.17) is 13.9 Å². The molecule has 1 aliphatic carbocycles. The lowest BCUT2D eigenvalue weighted by Gasteiger charge is -2.31. The molecule has 1 fully saturated rings. The van der Waals surface area contributed by atoms with E-state index in [1.165, 1.54) is 0 Å². The minimum Gasteiger partial charge on any atom is -0.497 e. The highest BCUT2D eigenvalue weighted by atomic mass is 16.5. The Hall–Kier alpha value is -3.39. The van der Waals surface area contributed by atoms with Gasteiger partial charge in [-0.05, 0) is 42.7 Å². The summed E-state index contributed by atoms with van der Waals surface area (Å²) in [5.74, 6) is 1.94. The van der Waals surface area contributed by atoms with Gasteiger partial charge in [0, 0.05) is 25.0 Å². The molecule has 1 aliphatic rings. The van der Waals surface area contributed by atoms with Gasteiger partial charge >= 0.3 is 0 Å². The molecule has 33 heavy (non-hydrogen) atoms. The molecular weight excluding hydrogens is 422 g/mol. The first-order chi connectivity index (χ1) is 16.1. The van der Waals surface area contributed by atoms with E-state index in [1.807, 2.05) is 30.3 Å². The second-order valence-electron chi connectivity index (χ2n) is 8.30. The van der Waals surface area contributed by atoms with Crippen LogP contribution in [0.5, 0.6) is 5.75 Å². The van der Waals surface area contributed by atoms with Crippen molar-refractivity contribution < 1.29 is 18.7 Å². The van der Waals surface area contributed by atoms with Crippen LogP contribution in [0.1, 0.15) is 47.7 Å². The Morgan fingerprint density at radius 2 is 2.06 bits per heavy atom. The Kier molecular flexibility index (Phi) is 7.24. The van der Waals surface area contributed by atoms with E-state index in [0.29, 0.717) is 35.8 Å². The van der Waals surface area contributed by atoms with Gasteiger partial charge in [0.1, 0.15) is 17.3 Å². The van der Waals surface area contributed by atoms with Crippen molar-refractivity contribution >= 4 is 5.91 Å². The Bertz CT molecular complexity index is 1140. The van der Waals surface area contributed by atoms with Crippen LogP contribution in [0, 0.1) is 5.92 Å². The number of hydrogen-bond acceptors (Lipinski definition) is 6. The van der Waals surface area contributed by atoms with Crippen LogP contribution in [-0.4, -0.2) is 35.0 Å². The largest absolute Gasteiger partial charge is 0.497 e. The fourth-order valence-electron chi connectivity index (χ4n) is 3.99. The van der Waals surface area contributed by atoms with Crippen molar-refractivity contribution in [3.05, 3.63) is 81.4 Å². The zero-order valence-corrected chi connectivity index (χ0v) is 19.0. The van der Waals surface area contributed by atoms with Gasteiger partial charge in [-0.2, -0.15) is 0 Å². The van der Waals surface area contributed by atoms with Crippen molar-refractivity contribution in [1.29, 1.82) is 0 Å². The smallest absolute Gasteiger partial charge is 0.254 e. The standard InChI is InChI=1S/C25H29N3O5/c1-31-16-22-21(13-17-6-3-9-19(12-17)32-2)24(29)27-23(26-22)15-28(14-20-10-5-11-33-20)25(30)18-7-4-8-18/h3,5-6,9-12,18H,4,7-8,13-16H2,1-2H3,(H,26,27,29). The van der Waals surface area contributed by atoms with E-state index in [0.717, 1.165) is 30.6 Å². The van der Waals surface area contributed by atoms with Crippen LogP contribution in [-0.2, 0) is 35.6 Å². The lowest BCUT2D eigenvalue weighted by molar-refractivity contribution is -0.139. The van der Waals surface area contributed by atoms with Gasteiger partial charge in [0.25, 0.3) is 5.56 Å². The van der Waals surface area contributed by atoms with Crippen LogP contribution in [0.2, 0.25) is 0 Å². The maximum Gasteiger partial charge on any atom is 0.254 e. The molecule has 1 amide bonds. The number of carbonyl (C=O) groups excluding carboxylic acids is 1. The molecule has 1 saturated carbocycles. The van der Waals surface area contributed by atoms with Crippen molar-refractivity contribution in [2.45, 2.75) is 45.4 Å². The van der Waals surface area contributed by atoms with Gasteiger partial charge in [-0.25, -0.2) is 4.98 Å². The number of rotatable bonds is 10. The summed E-state index contributed by atoms with van der Waals surface area (Å²) in [5.41, 5.74) is 1.81. The molecule has 0 aliphatic heterocycles. The second kappa shape index (κ2) is 10.5. The van der Waals surface area contributed by atoms with Crippen LogP contribution in [0.25, 0.3) is 0 Å². The molecule has 1 aromatic carbocycles. The third kappa shape index (κ3) is 5.51. The van der Waals surface area contributed by atoms with E-state index in [9.17, 15) is 9.59 Å². The minimum atomic E-state index is -0.232. The molecule has 1 N–H and O–H groups in total. The van der Waals surface area contributed by atoms with E-state index < -0.39 is 0 Å². The van der Waals surface area contributed by atoms with Gasteiger partial charge in [0.05, 0.1) is 38.8 Å². The van der Waals surface area contributed by atoms with Crippen molar-refractivity contribution in [2.75, 3.05) is 14.2 Å². The van der Waals surface area contributed by atoms with Gasteiger partial charge < -0.3 is 23.8 Å². The number of methoxy groups -OCH3 is 2. The van der Waals surface area contributed by atoms with Crippen molar-refractivity contribution in [3.8, 4) is 5.75 Å². The molecule has 0 atom stereocenters. The van der Waals surface area contributed by atoms with Crippen LogP contribution < -0.4 is 10.3 Å². The number of furan rings is 1. The normalized spacial score (nSPS) is 13.5. The van der Waals surface area contributed by atoms with Gasteiger partial charge in [-0.15, -0.1) is 0 Å². The van der Waals surface area contributed by atoms with Crippen LogP contribution in [0.3, 0.4) is 0 Å². The first kappa shape index (κ1) is 22.8. The molecule has 0 spiro atoms. The average Bonchev–Trinajstić information content (AvgIpc) is 3.28. The van der Waals surface area contributed by atoms with Gasteiger partial charge in [-0.3, -0.25) is 9.59 Å². The zero-order valence-electron chi connectivity index (χ0n) is 19.0. The fourth-order valence-corrected chi connectivity index (χ4v) is 3.99. The van der Waals surface area contributed by atoms with Crippen molar-refractivity contribution in [1.82, 2.24) is 14.9 Å². The highest BCUT2D eigenvalue weighted by Gasteiger charge is 2.30.